The Balaban J connectivity index is 1.48. The van der Waals surface area contributed by atoms with Crippen LogP contribution in [0, 0.1) is 0 Å². The lowest BCUT2D eigenvalue weighted by Gasteiger charge is -2.24. The largest absolute Gasteiger partial charge is 0.436 e. The molecule has 0 atom stereocenters. The first-order valence-electron chi connectivity index (χ1n) is 12.7. The zero-order valence-corrected chi connectivity index (χ0v) is 21.9. The predicted molar refractivity (Wildman–Crippen MR) is 151 cm³/mol. The lowest BCUT2D eigenvalue weighted by atomic mass is 9.80. The first kappa shape index (κ1) is 22.6. The maximum absolute atomic E-state index is 6.43. The van der Waals surface area contributed by atoms with E-state index in [9.17, 15) is 0 Å². The molecule has 0 saturated heterocycles. The standard InChI is InChI=1S/C33H32N2O/c1-32(2,3)22-19-26(33(4,5)6)30-27(20-22)34-31(36-30)21-15-17-23(18-16-21)35-28-13-9-7-11-24(28)25-12-8-10-14-29(25)35/h7-20H,1-6H3. The van der Waals surface area contributed by atoms with E-state index in [2.05, 4.69) is 131 Å². The highest BCUT2D eigenvalue weighted by molar-refractivity contribution is 6.09. The number of rotatable bonds is 2. The van der Waals surface area contributed by atoms with E-state index in [1.807, 2.05) is 0 Å². The SMILES string of the molecule is CC(C)(C)c1cc(C(C)(C)C)c2oc(-c3ccc(-n4c5ccccc5c5ccccc54)cc3)nc2c1. The zero-order valence-electron chi connectivity index (χ0n) is 21.9. The van der Waals surface area contributed by atoms with Crippen LogP contribution in [0.2, 0.25) is 0 Å². The molecular formula is C33H32N2O. The van der Waals surface area contributed by atoms with Gasteiger partial charge in [0.05, 0.1) is 11.0 Å². The van der Waals surface area contributed by atoms with Crippen molar-refractivity contribution in [3.63, 3.8) is 0 Å². The highest BCUT2D eigenvalue weighted by Gasteiger charge is 2.25. The Bertz CT molecular complexity index is 1680. The van der Waals surface area contributed by atoms with Gasteiger partial charge in [0.2, 0.25) is 5.89 Å². The molecule has 2 aromatic heterocycles. The fraction of sp³-hybridized carbons (Fsp3) is 0.242. The number of oxazole rings is 1. The molecule has 0 fully saturated rings. The third-order valence-corrected chi connectivity index (χ3v) is 7.12. The summed E-state index contributed by atoms with van der Waals surface area (Å²) in [6.07, 6.45) is 0. The summed E-state index contributed by atoms with van der Waals surface area (Å²) >= 11 is 0. The van der Waals surface area contributed by atoms with E-state index in [1.54, 1.807) is 0 Å². The minimum Gasteiger partial charge on any atom is -0.436 e. The highest BCUT2D eigenvalue weighted by Crippen LogP contribution is 2.38. The van der Waals surface area contributed by atoms with Gasteiger partial charge < -0.3 is 8.98 Å². The average molecular weight is 473 g/mol. The molecule has 0 aliphatic carbocycles. The molecule has 4 aromatic carbocycles. The van der Waals surface area contributed by atoms with Gasteiger partial charge in [-0.05, 0) is 58.9 Å². The van der Waals surface area contributed by atoms with Gasteiger partial charge in [0.25, 0.3) is 0 Å². The van der Waals surface area contributed by atoms with E-state index >= 15 is 0 Å². The molecular weight excluding hydrogens is 440 g/mol. The molecule has 180 valence electrons. The fourth-order valence-corrected chi connectivity index (χ4v) is 5.10. The van der Waals surface area contributed by atoms with Crippen LogP contribution < -0.4 is 0 Å². The van der Waals surface area contributed by atoms with Crippen molar-refractivity contribution in [2.45, 2.75) is 52.4 Å². The zero-order chi connectivity index (χ0) is 25.2. The van der Waals surface area contributed by atoms with Gasteiger partial charge in [-0.2, -0.15) is 0 Å². The van der Waals surface area contributed by atoms with Crippen LogP contribution in [0.1, 0.15) is 52.7 Å². The molecule has 6 aromatic rings. The summed E-state index contributed by atoms with van der Waals surface area (Å²) in [5.74, 6) is 0.662. The second-order valence-corrected chi connectivity index (χ2v) is 11.8. The number of benzene rings is 4. The van der Waals surface area contributed by atoms with E-state index in [0.29, 0.717) is 5.89 Å². The molecule has 2 heterocycles. The lowest BCUT2D eigenvalue weighted by Crippen LogP contribution is -2.16. The molecule has 0 bridgehead atoms. The van der Waals surface area contributed by atoms with Gasteiger partial charge in [-0.3, -0.25) is 0 Å². The minimum atomic E-state index is -0.0449. The van der Waals surface area contributed by atoms with Crippen LogP contribution in [0.5, 0.6) is 0 Å². The fourth-order valence-electron chi connectivity index (χ4n) is 5.10. The Labute approximate surface area is 212 Å². The lowest BCUT2D eigenvalue weighted by molar-refractivity contribution is 0.552. The van der Waals surface area contributed by atoms with Crippen molar-refractivity contribution in [2.24, 2.45) is 0 Å². The van der Waals surface area contributed by atoms with Gasteiger partial charge in [0.1, 0.15) is 5.52 Å². The molecule has 0 saturated carbocycles. The normalized spacial score (nSPS) is 12.7. The number of aromatic nitrogens is 2. The number of nitrogens with zero attached hydrogens (tertiary/aromatic N) is 2. The molecule has 0 unspecified atom stereocenters. The molecule has 0 radical (unpaired) electrons. The number of hydrogen-bond donors (Lipinski definition) is 0. The van der Waals surface area contributed by atoms with E-state index in [4.69, 9.17) is 9.40 Å². The average Bonchev–Trinajstić information content (AvgIpc) is 3.42. The number of fused-ring (bicyclic) bond motifs is 4. The van der Waals surface area contributed by atoms with Crippen molar-refractivity contribution < 1.29 is 4.42 Å². The Kier molecular flexibility index (Phi) is 4.91. The Morgan fingerprint density at radius 1 is 0.667 bits per heavy atom. The molecule has 0 amide bonds. The van der Waals surface area contributed by atoms with Gasteiger partial charge in [0.15, 0.2) is 5.58 Å². The van der Waals surface area contributed by atoms with E-state index < -0.39 is 0 Å². The summed E-state index contributed by atoms with van der Waals surface area (Å²) in [4.78, 5) is 4.95. The molecule has 36 heavy (non-hydrogen) atoms. The van der Waals surface area contributed by atoms with Gasteiger partial charge in [-0.15, -0.1) is 0 Å². The third kappa shape index (κ3) is 3.62. The summed E-state index contributed by atoms with van der Waals surface area (Å²) in [6.45, 7) is 13.4. The molecule has 0 N–H and O–H groups in total. The van der Waals surface area contributed by atoms with E-state index in [-0.39, 0.29) is 10.8 Å². The first-order chi connectivity index (χ1) is 17.1. The second kappa shape index (κ2) is 7.83. The minimum absolute atomic E-state index is 0.0390. The Morgan fingerprint density at radius 3 is 1.81 bits per heavy atom. The summed E-state index contributed by atoms with van der Waals surface area (Å²) in [6, 6.07) is 30.2. The Hall–Kier alpha value is -3.85. The highest BCUT2D eigenvalue weighted by atomic mass is 16.3. The molecule has 3 heteroatoms. The van der Waals surface area contributed by atoms with Crippen LogP contribution >= 0.6 is 0 Å². The quantitative estimate of drug-likeness (QED) is 0.251. The monoisotopic (exact) mass is 472 g/mol. The van der Waals surface area contributed by atoms with Crippen LogP contribution in [-0.4, -0.2) is 9.55 Å². The van der Waals surface area contributed by atoms with Crippen molar-refractivity contribution >= 4 is 32.9 Å². The molecule has 0 spiro atoms. The molecule has 0 aliphatic heterocycles. The maximum Gasteiger partial charge on any atom is 0.227 e. The van der Waals surface area contributed by atoms with Crippen molar-refractivity contribution in [3.05, 3.63) is 96.1 Å². The summed E-state index contributed by atoms with van der Waals surface area (Å²) in [5.41, 5.74) is 8.80. The van der Waals surface area contributed by atoms with Gasteiger partial charge >= 0.3 is 0 Å². The smallest absolute Gasteiger partial charge is 0.227 e. The first-order valence-corrected chi connectivity index (χ1v) is 12.7. The molecule has 6 rings (SSSR count). The van der Waals surface area contributed by atoms with E-state index in [0.717, 1.165) is 22.4 Å². The van der Waals surface area contributed by atoms with Crippen molar-refractivity contribution in [1.29, 1.82) is 0 Å². The summed E-state index contributed by atoms with van der Waals surface area (Å²) in [7, 11) is 0. The maximum atomic E-state index is 6.43. The summed E-state index contributed by atoms with van der Waals surface area (Å²) in [5, 5.41) is 2.53. The van der Waals surface area contributed by atoms with Crippen LogP contribution in [0.4, 0.5) is 0 Å². The predicted octanol–water partition coefficient (Wildman–Crippen LogP) is 9.19. The Morgan fingerprint density at radius 2 is 1.25 bits per heavy atom. The van der Waals surface area contributed by atoms with Gasteiger partial charge in [-0.25, -0.2) is 4.98 Å². The van der Waals surface area contributed by atoms with Gasteiger partial charge in [-0.1, -0.05) is 84.0 Å². The number of hydrogen-bond acceptors (Lipinski definition) is 2. The number of para-hydroxylation sites is 2. The van der Waals surface area contributed by atoms with Crippen molar-refractivity contribution in [3.8, 4) is 17.1 Å². The summed E-state index contributed by atoms with van der Waals surface area (Å²) < 4.78 is 8.76. The topological polar surface area (TPSA) is 31.0 Å². The van der Waals surface area contributed by atoms with Crippen LogP contribution in [0.25, 0.3) is 50.0 Å². The van der Waals surface area contributed by atoms with Crippen LogP contribution in [0.15, 0.2) is 89.3 Å². The second-order valence-electron chi connectivity index (χ2n) is 11.8. The van der Waals surface area contributed by atoms with Crippen LogP contribution in [0.3, 0.4) is 0 Å². The van der Waals surface area contributed by atoms with Gasteiger partial charge in [0, 0.05) is 27.6 Å². The molecule has 0 aliphatic rings. The van der Waals surface area contributed by atoms with Crippen LogP contribution in [-0.2, 0) is 10.8 Å². The van der Waals surface area contributed by atoms with E-state index in [1.165, 1.54) is 32.9 Å². The molecule has 3 nitrogen and oxygen atoms in total. The van der Waals surface area contributed by atoms with Crippen molar-refractivity contribution in [1.82, 2.24) is 9.55 Å². The third-order valence-electron chi connectivity index (χ3n) is 7.12. The van der Waals surface area contributed by atoms with Crippen molar-refractivity contribution in [2.75, 3.05) is 0 Å².